The monoisotopic (exact) mass is 267 g/mol. The van der Waals surface area contributed by atoms with Gasteiger partial charge in [-0.15, -0.1) is 0 Å². The van der Waals surface area contributed by atoms with Crippen molar-refractivity contribution in [3.05, 3.63) is 34.9 Å². The maximum absolute atomic E-state index is 11.0. The molecule has 1 aromatic rings. The molecule has 0 aromatic heterocycles. The van der Waals surface area contributed by atoms with Gasteiger partial charge >= 0.3 is 5.97 Å². The largest absolute Gasteiger partial charge is 0.469 e. The quantitative estimate of drug-likeness (QED) is 0.623. The van der Waals surface area contributed by atoms with Gasteiger partial charge in [0.25, 0.3) is 0 Å². The van der Waals surface area contributed by atoms with Crippen molar-refractivity contribution in [2.24, 2.45) is 0 Å². The van der Waals surface area contributed by atoms with Crippen LogP contribution in [0.2, 0.25) is 0 Å². The second kappa shape index (κ2) is 5.52. The van der Waals surface area contributed by atoms with Crippen molar-refractivity contribution in [1.82, 2.24) is 0 Å². The van der Waals surface area contributed by atoms with Gasteiger partial charge in [0.15, 0.2) is 0 Å². The fraction of sp³-hybridized carbons (Fsp3) is 0.273. The molecule has 0 unspecified atom stereocenters. The smallest absolute Gasteiger partial charge is 0.309 e. The third-order valence-corrected chi connectivity index (χ3v) is 2.61. The lowest BCUT2D eigenvalue weighted by Crippen LogP contribution is -2.05. The van der Waals surface area contributed by atoms with Crippen LogP contribution < -0.4 is 0 Å². The minimum Gasteiger partial charge on any atom is -0.469 e. The Labute approximate surface area is 96.8 Å². The topological polar surface area (TPSA) is 50.1 Å². The normalized spacial score (nSPS) is 9.40. The zero-order valence-corrected chi connectivity index (χ0v) is 9.87. The molecule has 0 N–H and O–H groups in total. The third-order valence-electron chi connectivity index (χ3n) is 2.01. The van der Waals surface area contributed by atoms with E-state index in [-0.39, 0.29) is 12.4 Å². The zero-order valence-electron chi connectivity index (χ0n) is 8.29. The third kappa shape index (κ3) is 3.07. The lowest BCUT2D eigenvalue weighted by Gasteiger charge is -2.04. The van der Waals surface area contributed by atoms with E-state index in [0.29, 0.717) is 10.9 Å². The number of hydrogen-bond donors (Lipinski definition) is 0. The van der Waals surface area contributed by atoms with Gasteiger partial charge in [-0.05, 0) is 17.2 Å². The minimum atomic E-state index is -0.278. The van der Waals surface area contributed by atoms with Crippen LogP contribution in [-0.2, 0) is 21.3 Å². The van der Waals surface area contributed by atoms with Gasteiger partial charge in [0.1, 0.15) is 0 Å². The van der Waals surface area contributed by atoms with E-state index in [1.807, 2.05) is 6.07 Å². The molecule has 78 valence electrons. The van der Waals surface area contributed by atoms with Crippen molar-refractivity contribution in [3.8, 4) is 6.07 Å². The summed E-state index contributed by atoms with van der Waals surface area (Å²) < 4.78 is 4.57. The van der Waals surface area contributed by atoms with Crippen LogP contribution in [0.4, 0.5) is 0 Å². The Hall–Kier alpha value is -1.34. The van der Waals surface area contributed by atoms with Crippen LogP contribution in [0.3, 0.4) is 0 Å². The lowest BCUT2D eigenvalue weighted by atomic mass is 10.0. The summed E-state index contributed by atoms with van der Waals surface area (Å²) in [4.78, 5) is 11.0. The summed E-state index contributed by atoms with van der Waals surface area (Å²) >= 11 is 3.30. The van der Waals surface area contributed by atoms with E-state index >= 15 is 0 Å². The Bertz CT molecular complexity index is 410. The fourth-order valence-electron chi connectivity index (χ4n) is 1.22. The van der Waals surface area contributed by atoms with Crippen LogP contribution in [0.1, 0.15) is 16.7 Å². The second-order valence-corrected chi connectivity index (χ2v) is 3.55. The Morgan fingerprint density at radius 1 is 1.60 bits per heavy atom. The van der Waals surface area contributed by atoms with Crippen molar-refractivity contribution in [1.29, 1.82) is 5.26 Å². The number of hydrogen-bond acceptors (Lipinski definition) is 3. The van der Waals surface area contributed by atoms with E-state index in [9.17, 15) is 4.79 Å². The molecule has 0 spiro atoms. The number of carbonyl (C=O) groups excluding carboxylic acids is 1. The van der Waals surface area contributed by atoms with Gasteiger partial charge in [0.05, 0.1) is 25.2 Å². The van der Waals surface area contributed by atoms with Crippen molar-refractivity contribution in [3.63, 3.8) is 0 Å². The molecule has 0 saturated heterocycles. The molecule has 0 aliphatic carbocycles. The Morgan fingerprint density at radius 2 is 2.33 bits per heavy atom. The highest BCUT2D eigenvalue weighted by Gasteiger charge is 2.06. The van der Waals surface area contributed by atoms with E-state index in [0.717, 1.165) is 11.1 Å². The van der Waals surface area contributed by atoms with Crippen molar-refractivity contribution in [2.75, 3.05) is 7.11 Å². The van der Waals surface area contributed by atoms with Crippen molar-refractivity contribution < 1.29 is 9.53 Å². The Balaban J connectivity index is 2.94. The van der Waals surface area contributed by atoms with E-state index in [4.69, 9.17) is 5.26 Å². The highest BCUT2D eigenvalue weighted by atomic mass is 79.9. The standard InChI is InChI=1S/C11H10BrNO2/c1-15-11(14)5-8-2-3-9(7-13)10(4-8)6-12/h2-4H,5-6H2,1H3. The van der Waals surface area contributed by atoms with E-state index in [1.165, 1.54) is 7.11 Å². The highest BCUT2D eigenvalue weighted by molar-refractivity contribution is 9.08. The Morgan fingerprint density at radius 3 is 2.87 bits per heavy atom. The first kappa shape index (κ1) is 11.7. The molecule has 0 aliphatic heterocycles. The summed E-state index contributed by atoms with van der Waals surface area (Å²) in [6.45, 7) is 0. The number of halogens is 1. The van der Waals surface area contributed by atoms with Gasteiger partial charge in [-0.1, -0.05) is 28.1 Å². The number of methoxy groups -OCH3 is 1. The number of alkyl halides is 1. The molecule has 0 radical (unpaired) electrons. The molecule has 1 aromatic carbocycles. The van der Waals surface area contributed by atoms with Gasteiger partial charge in [-0.25, -0.2) is 0 Å². The first-order chi connectivity index (χ1) is 7.21. The summed E-state index contributed by atoms with van der Waals surface area (Å²) in [5, 5.41) is 9.41. The molecular formula is C11H10BrNO2. The summed E-state index contributed by atoms with van der Waals surface area (Å²) in [6, 6.07) is 7.41. The average molecular weight is 268 g/mol. The summed E-state index contributed by atoms with van der Waals surface area (Å²) in [5.74, 6) is -0.278. The molecule has 0 aliphatic rings. The first-order valence-electron chi connectivity index (χ1n) is 4.36. The van der Waals surface area contributed by atoms with Gasteiger partial charge in [-0.2, -0.15) is 5.26 Å². The van der Waals surface area contributed by atoms with Crippen LogP contribution in [0, 0.1) is 11.3 Å². The molecule has 0 atom stereocenters. The lowest BCUT2D eigenvalue weighted by molar-refractivity contribution is -0.139. The van der Waals surface area contributed by atoms with Crippen molar-refractivity contribution >= 4 is 21.9 Å². The molecule has 3 nitrogen and oxygen atoms in total. The molecule has 15 heavy (non-hydrogen) atoms. The number of nitriles is 1. The number of benzene rings is 1. The summed E-state index contributed by atoms with van der Waals surface area (Å²) in [5.41, 5.74) is 2.37. The van der Waals surface area contributed by atoms with Crippen molar-refractivity contribution in [2.45, 2.75) is 11.8 Å². The van der Waals surface area contributed by atoms with Gasteiger partial charge in [0, 0.05) is 5.33 Å². The van der Waals surface area contributed by atoms with E-state index < -0.39 is 0 Å². The fourth-order valence-corrected chi connectivity index (χ4v) is 1.68. The first-order valence-corrected chi connectivity index (χ1v) is 5.48. The predicted octanol–water partition coefficient (Wildman–Crippen LogP) is 2.17. The van der Waals surface area contributed by atoms with Gasteiger partial charge in [-0.3, -0.25) is 4.79 Å². The molecular weight excluding hydrogens is 258 g/mol. The molecule has 0 fully saturated rings. The highest BCUT2D eigenvalue weighted by Crippen LogP contribution is 2.15. The molecule has 4 heteroatoms. The summed E-state index contributed by atoms with van der Waals surface area (Å²) in [7, 11) is 1.36. The van der Waals surface area contributed by atoms with Crippen LogP contribution in [0.25, 0.3) is 0 Å². The van der Waals surface area contributed by atoms with E-state index in [1.54, 1.807) is 12.1 Å². The zero-order chi connectivity index (χ0) is 11.3. The molecule has 0 saturated carbocycles. The number of rotatable bonds is 3. The maximum Gasteiger partial charge on any atom is 0.309 e. The molecule has 0 amide bonds. The minimum absolute atomic E-state index is 0.238. The Kier molecular flexibility index (Phi) is 4.32. The predicted molar refractivity (Wildman–Crippen MR) is 59.5 cm³/mol. The molecule has 0 heterocycles. The number of carbonyl (C=O) groups is 1. The molecule has 0 bridgehead atoms. The van der Waals surface area contributed by atoms with Gasteiger partial charge < -0.3 is 4.74 Å². The van der Waals surface area contributed by atoms with Gasteiger partial charge in [0.2, 0.25) is 0 Å². The average Bonchev–Trinajstić information content (AvgIpc) is 2.28. The molecule has 1 rings (SSSR count). The number of nitrogens with zero attached hydrogens (tertiary/aromatic N) is 1. The van der Waals surface area contributed by atoms with Crippen LogP contribution in [0.15, 0.2) is 18.2 Å². The summed E-state index contributed by atoms with van der Waals surface area (Å²) in [6.07, 6.45) is 0.238. The van der Waals surface area contributed by atoms with Crippen LogP contribution >= 0.6 is 15.9 Å². The SMILES string of the molecule is COC(=O)Cc1ccc(C#N)c(CBr)c1. The number of ether oxygens (including phenoxy) is 1. The number of esters is 1. The van der Waals surface area contributed by atoms with E-state index in [2.05, 4.69) is 26.7 Å². The van der Waals surface area contributed by atoms with Crippen LogP contribution in [0.5, 0.6) is 0 Å². The maximum atomic E-state index is 11.0. The second-order valence-electron chi connectivity index (χ2n) is 2.99. The van der Waals surface area contributed by atoms with Crippen LogP contribution in [-0.4, -0.2) is 13.1 Å².